The molecule has 0 atom stereocenters. The SMILES string of the molecule is Cc1cc(Cl)cc(N(c2cc(C)cc(N(c3ccccc3)c3ccc4sc5ccccc5c4c3)c2)c2ccc3sc4c5ccccc5ccc4c3c2)c1. The lowest BCUT2D eigenvalue weighted by molar-refractivity contribution is 1.23. The van der Waals surface area contributed by atoms with E-state index < -0.39 is 0 Å². The van der Waals surface area contributed by atoms with E-state index in [9.17, 15) is 0 Å². The quantitative estimate of drug-likeness (QED) is 0.168. The van der Waals surface area contributed by atoms with E-state index in [1.54, 1.807) is 0 Å². The highest BCUT2D eigenvalue weighted by atomic mass is 35.5. The van der Waals surface area contributed by atoms with Crippen molar-refractivity contribution in [3.63, 3.8) is 0 Å². The summed E-state index contributed by atoms with van der Waals surface area (Å²) in [6.07, 6.45) is 0. The number of benzene rings is 8. The van der Waals surface area contributed by atoms with Crippen molar-refractivity contribution in [1.82, 2.24) is 0 Å². The standard InChI is InChI=1S/C48H33ClN2S2/c1-30-22-33(49)26-37(23-30)51(36-18-21-47-44(29-36)42-19-16-32-10-6-7-13-40(32)48(42)53-47)39-25-31(2)24-38(27-39)50(34-11-4-3-5-12-34)35-17-20-46-43(28-35)41-14-8-9-15-45(41)52-46/h3-29H,1-2H3. The molecular weight excluding hydrogens is 704 g/mol. The van der Waals surface area contributed by atoms with Crippen molar-refractivity contribution >= 4 is 120 Å². The molecule has 2 nitrogen and oxygen atoms in total. The fourth-order valence-corrected chi connectivity index (χ4v) is 10.4. The molecule has 0 fully saturated rings. The van der Waals surface area contributed by atoms with E-state index in [4.69, 9.17) is 11.6 Å². The van der Waals surface area contributed by atoms with Gasteiger partial charge in [0.25, 0.3) is 0 Å². The maximum atomic E-state index is 6.80. The molecule has 0 aliphatic heterocycles. The Balaban J connectivity index is 1.18. The highest BCUT2D eigenvalue weighted by Gasteiger charge is 2.21. The van der Waals surface area contributed by atoms with E-state index in [0.717, 1.165) is 45.3 Å². The number of hydrogen-bond acceptors (Lipinski definition) is 4. The van der Waals surface area contributed by atoms with Gasteiger partial charge in [-0.05, 0) is 127 Å². The van der Waals surface area contributed by atoms with Crippen LogP contribution in [0.15, 0.2) is 164 Å². The van der Waals surface area contributed by atoms with Crippen LogP contribution in [-0.2, 0) is 0 Å². The molecule has 0 radical (unpaired) electrons. The predicted octanol–water partition coefficient (Wildman–Crippen LogP) is 15.8. The molecule has 10 rings (SSSR count). The highest BCUT2D eigenvalue weighted by Crippen LogP contribution is 2.46. The number of rotatable bonds is 6. The number of aryl methyl sites for hydroxylation is 2. The summed E-state index contributed by atoms with van der Waals surface area (Å²) in [5.41, 5.74) is 8.75. The highest BCUT2D eigenvalue weighted by molar-refractivity contribution is 7.26. The summed E-state index contributed by atoms with van der Waals surface area (Å²) in [5, 5.41) is 8.39. The largest absolute Gasteiger partial charge is 0.310 e. The Bertz CT molecular complexity index is 2990. The van der Waals surface area contributed by atoms with Crippen molar-refractivity contribution in [3.8, 4) is 0 Å². The summed E-state index contributed by atoms with van der Waals surface area (Å²) in [4.78, 5) is 4.74. The van der Waals surface area contributed by atoms with E-state index in [-0.39, 0.29) is 0 Å². The van der Waals surface area contributed by atoms with Gasteiger partial charge in [0.1, 0.15) is 0 Å². The third kappa shape index (κ3) is 5.62. The van der Waals surface area contributed by atoms with E-state index in [1.807, 2.05) is 28.7 Å². The Morgan fingerprint density at radius 3 is 1.68 bits per heavy atom. The van der Waals surface area contributed by atoms with Crippen LogP contribution >= 0.6 is 34.3 Å². The van der Waals surface area contributed by atoms with Crippen LogP contribution in [0.1, 0.15) is 11.1 Å². The molecule has 0 aliphatic rings. The zero-order chi connectivity index (χ0) is 35.6. The number of para-hydroxylation sites is 1. The molecule has 2 heterocycles. The van der Waals surface area contributed by atoms with Gasteiger partial charge >= 0.3 is 0 Å². The first-order chi connectivity index (χ1) is 26.0. The molecule has 2 aromatic heterocycles. The maximum absolute atomic E-state index is 6.80. The Morgan fingerprint density at radius 1 is 0.377 bits per heavy atom. The van der Waals surface area contributed by atoms with Crippen LogP contribution in [-0.4, -0.2) is 0 Å². The fourth-order valence-electron chi connectivity index (χ4n) is 7.80. The number of nitrogens with zero attached hydrogens (tertiary/aromatic N) is 2. The van der Waals surface area contributed by atoms with Gasteiger partial charge in [-0.25, -0.2) is 0 Å². The number of fused-ring (bicyclic) bond motifs is 8. The molecule has 0 bridgehead atoms. The van der Waals surface area contributed by atoms with Crippen molar-refractivity contribution in [2.45, 2.75) is 13.8 Å². The van der Waals surface area contributed by atoms with Gasteiger partial charge in [-0.1, -0.05) is 84.4 Å². The minimum Gasteiger partial charge on any atom is -0.310 e. The van der Waals surface area contributed by atoms with Gasteiger partial charge in [-0.15, -0.1) is 22.7 Å². The van der Waals surface area contributed by atoms with Gasteiger partial charge in [-0.2, -0.15) is 0 Å². The fraction of sp³-hybridized carbons (Fsp3) is 0.0417. The Hall–Kier alpha value is -5.65. The van der Waals surface area contributed by atoms with Gasteiger partial charge in [0, 0.05) is 79.5 Å². The second-order valence-corrected chi connectivity index (χ2v) is 16.3. The zero-order valence-electron chi connectivity index (χ0n) is 29.2. The zero-order valence-corrected chi connectivity index (χ0v) is 31.6. The first-order valence-electron chi connectivity index (χ1n) is 17.8. The smallest absolute Gasteiger partial charge is 0.0485 e. The van der Waals surface area contributed by atoms with E-state index in [2.05, 4.69) is 181 Å². The third-order valence-corrected chi connectivity index (χ3v) is 12.7. The predicted molar refractivity (Wildman–Crippen MR) is 234 cm³/mol. The second kappa shape index (κ2) is 12.8. The molecule has 254 valence electrons. The number of halogens is 1. The van der Waals surface area contributed by atoms with Gasteiger partial charge in [0.05, 0.1) is 0 Å². The minimum absolute atomic E-state index is 0.716. The average molecular weight is 737 g/mol. The van der Waals surface area contributed by atoms with Gasteiger partial charge < -0.3 is 9.80 Å². The van der Waals surface area contributed by atoms with E-state index >= 15 is 0 Å². The van der Waals surface area contributed by atoms with Gasteiger partial charge in [0.15, 0.2) is 0 Å². The summed E-state index contributed by atoms with van der Waals surface area (Å²) < 4.78 is 5.20. The molecule has 10 aromatic rings. The summed E-state index contributed by atoms with van der Waals surface area (Å²) >= 11 is 10.5. The number of hydrogen-bond donors (Lipinski definition) is 0. The summed E-state index contributed by atoms with van der Waals surface area (Å²) in [5.74, 6) is 0. The topological polar surface area (TPSA) is 6.48 Å². The maximum Gasteiger partial charge on any atom is 0.0485 e. The second-order valence-electron chi connectivity index (χ2n) is 13.7. The van der Waals surface area contributed by atoms with Crippen LogP contribution in [0, 0.1) is 13.8 Å². The lowest BCUT2D eigenvalue weighted by Crippen LogP contribution is -2.14. The summed E-state index contributed by atoms with van der Waals surface area (Å²) in [6.45, 7) is 4.30. The van der Waals surface area contributed by atoms with Crippen LogP contribution < -0.4 is 9.80 Å². The summed E-state index contributed by atoms with van der Waals surface area (Å²) in [6, 6.07) is 59.6. The molecule has 0 saturated carbocycles. The van der Waals surface area contributed by atoms with E-state index in [1.165, 1.54) is 51.1 Å². The lowest BCUT2D eigenvalue weighted by atomic mass is 10.0. The molecule has 5 heteroatoms. The van der Waals surface area contributed by atoms with Gasteiger partial charge in [-0.3, -0.25) is 0 Å². The monoisotopic (exact) mass is 736 g/mol. The number of anilines is 6. The van der Waals surface area contributed by atoms with Crippen molar-refractivity contribution < 1.29 is 0 Å². The first kappa shape index (κ1) is 32.0. The summed E-state index contributed by atoms with van der Waals surface area (Å²) in [7, 11) is 0. The molecule has 0 amide bonds. The van der Waals surface area contributed by atoms with Crippen LogP contribution in [0.3, 0.4) is 0 Å². The van der Waals surface area contributed by atoms with Crippen molar-refractivity contribution in [2.75, 3.05) is 9.80 Å². The molecular formula is C48H33ClN2S2. The molecule has 8 aromatic carbocycles. The Morgan fingerprint density at radius 2 is 0.943 bits per heavy atom. The molecule has 53 heavy (non-hydrogen) atoms. The Kier molecular flexibility index (Phi) is 7.73. The van der Waals surface area contributed by atoms with Crippen molar-refractivity contribution in [3.05, 3.63) is 180 Å². The molecule has 0 N–H and O–H groups in total. The third-order valence-electron chi connectivity index (χ3n) is 10.1. The molecule has 0 spiro atoms. The van der Waals surface area contributed by atoms with Crippen LogP contribution in [0.2, 0.25) is 5.02 Å². The molecule has 0 unspecified atom stereocenters. The average Bonchev–Trinajstić information content (AvgIpc) is 3.73. The number of thiophene rings is 2. The van der Waals surface area contributed by atoms with Crippen LogP contribution in [0.5, 0.6) is 0 Å². The first-order valence-corrected chi connectivity index (χ1v) is 19.8. The lowest BCUT2D eigenvalue weighted by Gasteiger charge is -2.30. The van der Waals surface area contributed by atoms with Crippen molar-refractivity contribution in [2.24, 2.45) is 0 Å². The Labute approximate surface area is 321 Å². The minimum atomic E-state index is 0.716. The van der Waals surface area contributed by atoms with E-state index in [0.29, 0.717) is 5.02 Å². The molecule has 0 aliphatic carbocycles. The van der Waals surface area contributed by atoms with Crippen molar-refractivity contribution in [1.29, 1.82) is 0 Å². The molecule has 0 saturated heterocycles. The normalized spacial score (nSPS) is 11.7. The van der Waals surface area contributed by atoms with Crippen LogP contribution in [0.4, 0.5) is 34.1 Å². The van der Waals surface area contributed by atoms with Crippen LogP contribution in [0.25, 0.3) is 51.1 Å². The van der Waals surface area contributed by atoms with Gasteiger partial charge in [0.2, 0.25) is 0 Å².